The molecule has 2 unspecified atom stereocenters. The fourth-order valence-corrected chi connectivity index (χ4v) is 3.00. The summed E-state index contributed by atoms with van der Waals surface area (Å²) in [7, 11) is 0. The van der Waals surface area contributed by atoms with Crippen LogP contribution in [0.3, 0.4) is 0 Å². The first kappa shape index (κ1) is 15.1. The average molecular weight is 266 g/mol. The molecular weight excluding hydrogens is 236 g/mol. The quantitative estimate of drug-likeness (QED) is 0.655. The predicted molar refractivity (Wildman–Crippen MR) is 78.9 cm³/mol. The van der Waals surface area contributed by atoms with Crippen molar-refractivity contribution in [3.63, 3.8) is 0 Å². The summed E-state index contributed by atoms with van der Waals surface area (Å²) in [5.41, 5.74) is 1.85. The van der Waals surface area contributed by atoms with Crippen LogP contribution in [0.1, 0.15) is 54.4 Å². The van der Waals surface area contributed by atoms with Gasteiger partial charge in [0.1, 0.15) is 0 Å². The fraction of sp³-hybridized carbons (Fsp3) is 0.882. The standard InChI is InChI=1S/C17H30O2/c1-12-7-8-14(13(2)9-12)15-18-10-17(6,11-19-15)16(3,4)5/h9,13-15H,7-8,10-11H2,1-6H3. The van der Waals surface area contributed by atoms with E-state index >= 15 is 0 Å². The highest BCUT2D eigenvalue weighted by atomic mass is 16.7. The van der Waals surface area contributed by atoms with E-state index in [-0.39, 0.29) is 17.1 Å². The predicted octanol–water partition coefficient (Wildman–Crippen LogP) is 4.40. The molecule has 0 radical (unpaired) electrons. The maximum absolute atomic E-state index is 6.11. The molecular formula is C17H30O2. The minimum Gasteiger partial charge on any atom is -0.352 e. The van der Waals surface area contributed by atoms with E-state index in [1.807, 2.05) is 0 Å². The molecule has 1 heterocycles. The molecule has 2 nitrogen and oxygen atoms in total. The number of hydrogen-bond acceptors (Lipinski definition) is 2. The van der Waals surface area contributed by atoms with E-state index in [0.29, 0.717) is 11.8 Å². The van der Waals surface area contributed by atoms with Crippen molar-refractivity contribution in [2.75, 3.05) is 13.2 Å². The Bertz CT molecular complexity index is 343. The van der Waals surface area contributed by atoms with Crippen LogP contribution in [-0.2, 0) is 9.47 Å². The van der Waals surface area contributed by atoms with E-state index in [1.165, 1.54) is 18.4 Å². The Morgan fingerprint density at radius 2 is 1.79 bits per heavy atom. The molecule has 1 saturated heterocycles. The maximum Gasteiger partial charge on any atom is 0.160 e. The van der Waals surface area contributed by atoms with Gasteiger partial charge in [-0.1, -0.05) is 46.3 Å². The van der Waals surface area contributed by atoms with E-state index in [9.17, 15) is 0 Å². The highest BCUT2D eigenvalue weighted by molar-refractivity contribution is 5.07. The van der Waals surface area contributed by atoms with E-state index in [2.05, 4.69) is 47.6 Å². The van der Waals surface area contributed by atoms with Gasteiger partial charge in [-0.3, -0.25) is 0 Å². The van der Waals surface area contributed by atoms with Gasteiger partial charge < -0.3 is 9.47 Å². The fourth-order valence-electron chi connectivity index (χ4n) is 3.00. The van der Waals surface area contributed by atoms with Crippen LogP contribution in [0.4, 0.5) is 0 Å². The van der Waals surface area contributed by atoms with Crippen molar-refractivity contribution in [3.05, 3.63) is 11.6 Å². The first-order chi connectivity index (χ1) is 8.73. The van der Waals surface area contributed by atoms with Gasteiger partial charge in [-0.05, 0) is 31.1 Å². The van der Waals surface area contributed by atoms with Crippen molar-refractivity contribution in [1.82, 2.24) is 0 Å². The lowest BCUT2D eigenvalue weighted by Gasteiger charge is -2.48. The van der Waals surface area contributed by atoms with E-state index in [4.69, 9.17) is 9.47 Å². The van der Waals surface area contributed by atoms with Gasteiger partial charge in [-0.15, -0.1) is 0 Å². The summed E-state index contributed by atoms with van der Waals surface area (Å²) in [5.74, 6) is 1.09. The zero-order chi connectivity index (χ0) is 14.3. The van der Waals surface area contributed by atoms with Crippen LogP contribution < -0.4 is 0 Å². The van der Waals surface area contributed by atoms with Crippen molar-refractivity contribution >= 4 is 0 Å². The summed E-state index contributed by atoms with van der Waals surface area (Å²) in [6.45, 7) is 15.2. The molecule has 19 heavy (non-hydrogen) atoms. The molecule has 2 aliphatic rings. The molecule has 1 aliphatic heterocycles. The molecule has 0 saturated carbocycles. The summed E-state index contributed by atoms with van der Waals surface area (Å²) in [5, 5.41) is 0. The summed E-state index contributed by atoms with van der Waals surface area (Å²) in [6.07, 6.45) is 4.77. The van der Waals surface area contributed by atoms with Crippen molar-refractivity contribution in [3.8, 4) is 0 Å². The highest BCUT2D eigenvalue weighted by Crippen LogP contribution is 2.43. The molecule has 0 amide bonds. The van der Waals surface area contributed by atoms with Crippen LogP contribution >= 0.6 is 0 Å². The van der Waals surface area contributed by atoms with E-state index in [1.54, 1.807) is 0 Å². The minimum absolute atomic E-state index is 0.00484. The molecule has 2 rings (SSSR count). The SMILES string of the molecule is CC1=CC(C)C(C2OCC(C)(C(C)(C)C)CO2)CC1. The van der Waals surface area contributed by atoms with Crippen LogP contribution in [0.15, 0.2) is 11.6 Å². The molecule has 0 N–H and O–H groups in total. The number of hydrogen-bond donors (Lipinski definition) is 0. The van der Waals surface area contributed by atoms with Gasteiger partial charge in [-0.2, -0.15) is 0 Å². The van der Waals surface area contributed by atoms with Gasteiger partial charge in [0.15, 0.2) is 6.29 Å². The Balaban J connectivity index is 1.97. The molecule has 2 atom stereocenters. The van der Waals surface area contributed by atoms with Crippen molar-refractivity contribution in [2.45, 2.75) is 60.7 Å². The molecule has 0 aromatic carbocycles. The van der Waals surface area contributed by atoms with Crippen molar-refractivity contribution < 1.29 is 9.47 Å². The Hall–Kier alpha value is -0.340. The molecule has 1 aliphatic carbocycles. The lowest BCUT2D eigenvalue weighted by atomic mass is 9.68. The third-order valence-electron chi connectivity index (χ3n) is 5.39. The Labute approximate surface area is 118 Å². The lowest BCUT2D eigenvalue weighted by Crippen LogP contribution is -2.50. The van der Waals surface area contributed by atoms with Crippen LogP contribution in [0, 0.1) is 22.7 Å². The van der Waals surface area contributed by atoms with Gasteiger partial charge >= 0.3 is 0 Å². The van der Waals surface area contributed by atoms with Gasteiger partial charge in [0, 0.05) is 11.3 Å². The summed E-state index contributed by atoms with van der Waals surface area (Å²) >= 11 is 0. The lowest BCUT2D eigenvalue weighted by molar-refractivity contribution is -0.269. The molecule has 2 heteroatoms. The van der Waals surface area contributed by atoms with Gasteiger partial charge in [0.25, 0.3) is 0 Å². The Morgan fingerprint density at radius 3 is 2.26 bits per heavy atom. The zero-order valence-corrected chi connectivity index (χ0v) is 13.5. The van der Waals surface area contributed by atoms with Crippen molar-refractivity contribution in [2.24, 2.45) is 22.7 Å². The van der Waals surface area contributed by atoms with Crippen molar-refractivity contribution in [1.29, 1.82) is 0 Å². The zero-order valence-electron chi connectivity index (χ0n) is 13.5. The largest absolute Gasteiger partial charge is 0.352 e. The molecule has 0 aromatic heterocycles. The molecule has 0 bridgehead atoms. The first-order valence-electron chi connectivity index (χ1n) is 7.63. The van der Waals surface area contributed by atoms with Gasteiger partial charge in [-0.25, -0.2) is 0 Å². The van der Waals surface area contributed by atoms with E-state index in [0.717, 1.165) is 13.2 Å². The third-order valence-corrected chi connectivity index (χ3v) is 5.39. The Morgan fingerprint density at radius 1 is 1.21 bits per heavy atom. The summed E-state index contributed by atoms with van der Waals surface area (Å²) in [6, 6.07) is 0. The second-order valence-electron chi connectivity index (χ2n) is 7.88. The maximum atomic E-state index is 6.11. The molecule has 0 spiro atoms. The minimum atomic E-state index is -0.00484. The smallest absolute Gasteiger partial charge is 0.160 e. The van der Waals surface area contributed by atoms with Crippen LogP contribution in [0.5, 0.6) is 0 Å². The van der Waals surface area contributed by atoms with Crippen LogP contribution in [0.25, 0.3) is 0 Å². The second kappa shape index (κ2) is 5.21. The highest BCUT2D eigenvalue weighted by Gasteiger charge is 2.44. The van der Waals surface area contributed by atoms with Gasteiger partial charge in [0.05, 0.1) is 13.2 Å². The number of allylic oxidation sites excluding steroid dienone is 2. The first-order valence-corrected chi connectivity index (χ1v) is 7.63. The summed E-state index contributed by atoms with van der Waals surface area (Å²) in [4.78, 5) is 0. The topological polar surface area (TPSA) is 18.5 Å². The molecule has 0 aromatic rings. The monoisotopic (exact) mass is 266 g/mol. The average Bonchev–Trinajstić information content (AvgIpc) is 2.29. The summed E-state index contributed by atoms with van der Waals surface area (Å²) < 4.78 is 12.2. The van der Waals surface area contributed by atoms with Crippen LogP contribution in [0.2, 0.25) is 0 Å². The number of rotatable bonds is 1. The molecule has 110 valence electrons. The third kappa shape index (κ3) is 3.05. The molecule has 1 fully saturated rings. The second-order valence-corrected chi connectivity index (χ2v) is 7.88. The number of ether oxygens (including phenoxy) is 2. The Kier molecular flexibility index (Phi) is 4.13. The van der Waals surface area contributed by atoms with Gasteiger partial charge in [0.2, 0.25) is 0 Å². The van der Waals surface area contributed by atoms with Crippen LogP contribution in [-0.4, -0.2) is 19.5 Å². The normalized spacial score (nSPS) is 40.9. The van der Waals surface area contributed by atoms with E-state index < -0.39 is 0 Å².